The van der Waals surface area contributed by atoms with Gasteiger partial charge >= 0.3 is 0 Å². The van der Waals surface area contributed by atoms with E-state index < -0.39 is 0 Å². The van der Waals surface area contributed by atoms with Gasteiger partial charge < -0.3 is 10.6 Å². The maximum absolute atomic E-state index is 4.49. The van der Waals surface area contributed by atoms with Crippen LogP contribution in [0.2, 0.25) is 0 Å². The minimum absolute atomic E-state index is 0. The van der Waals surface area contributed by atoms with Gasteiger partial charge in [-0.1, -0.05) is 0 Å². The van der Waals surface area contributed by atoms with E-state index >= 15 is 0 Å². The maximum Gasteiger partial charge on any atom is 0.190 e. The van der Waals surface area contributed by atoms with E-state index in [0.29, 0.717) is 0 Å². The van der Waals surface area contributed by atoms with Crippen LogP contribution in [0, 0.1) is 13.8 Å². The Kier molecular flexibility index (Phi) is 10.4. The molecular formula is C16H26IN5S2. The van der Waals surface area contributed by atoms with Crippen molar-refractivity contribution in [3.63, 3.8) is 0 Å². The van der Waals surface area contributed by atoms with Crippen LogP contribution in [0.5, 0.6) is 0 Å². The molecule has 0 aliphatic heterocycles. The van der Waals surface area contributed by atoms with E-state index in [0.717, 1.165) is 61.1 Å². The Morgan fingerprint density at radius 3 is 2.46 bits per heavy atom. The number of nitrogens with zero attached hydrogens (tertiary/aromatic N) is 3. The third kappa shape index (κ3) is 7.89. The van der Waals surface area contributed by atoms with Crippen LogP contribution in [0.1, 0.15) is 34.2 Å². The van der Waals surface area contributed by atoms with Gasteiger partial charge in [0.1, 0.15) is 0 Å². The monoisotopic (exact) mass is 479 g/mol. The Morgan fingerprint density at radius 1 is 1.04 bits per heavy atom. The van der Waals surface area contributed by atoms with E-state index in [2.05, 4.69) is 36.4 Å². The summed E-state index contributed by atoms with van der Waals surface area (Å²) < 4.78 is 0. The predicted molar refractivity (Wildman–Crippen MR) is 115 cm³/mol. The fourth-order valence-electron chi connectivity index (χ4n) is 2.18. The first-order chi connectivity index (χ1) is 11.2. The highest BCUT2D eigenvalue weighted by Gasteiger charge is 2.01. The smallest absolute Gasteiger partial charge is 0.190 e. The summed E-state index contributed by atoms with van der Waals surface area (Å²) in [6.07, 6.45) is 4.25. The van der Waals surface area contributed by atoms with Gasteiger partial charge in [0.2, 0.25) is 0 Å². The van der Waals surface area contributed by atoms with Crippen LogP contribution in [0.4, 0.5) is 0 Å². The van der Waals surface area contributed by atoms with Crippen molar-refractivity contribution in [2.75, 3.05) is 20.1 Å². The molecule has 0 fully saturated rings. The van der Waals surface area contributed by atoms with E-state index in [1.165, 1.54) is 5.01 Å². The molecule has 24 heavy (non-hydrogen) atoms. The lowest BCUT2D eigenvalue weighted by Gasteiger charge is -2.11. The number of aromatic nitrogens is 2. The van der Waals surface area contributed by atoms with E-state index in [1.54, 1.807) is 29.7 Å². The molecule has 0 aliphatic rings. The third-order valence-corrected chi connectivity index (χ3v) is 5.19. The van der Waals surface area contributed by atoms with Gasteiger partial charge in [-0.3, -0.25) is 4.99 Å². The number of hydrogen-bond acceptors (Lipinski definition) is 5. The summed E-state index contributed by atoms with van der Waals surface area (Å²) in [5.74, 6) is 0.863. The number of guanidine groups is 1. The SMILES string of the molecule is CN=C(NCCCCc1nc(C)cs1)NCCc1csc(C)n1.I. The van der Waals surface area contributed by atoms with Crippen molar-refractivity contribution in [1.29, 1.82) is 0 Å². The molecule has 2 aromatic heterocycles. The molecule has 2 heterocycles. The topological polar surface area (TPSA) is 62.2 Å². The van der Waals surface area contributed by atoms with Crippen molar-refractivity contribution in [1.82, 2.24) is 20.6 Å². The van der Waals surface area contributed by atoms with Crippen LogP contribution in [0.3, 0.4) is 0 Å². The number of rotatable bonds is 8. The lowest BCUT2D eigenvalue weighted by Crippen LogP contribution is -2.38. The highest BCUT2D eigenvalue weighted by atomic mass is 127. The molecule has 0 spiro atoms. The second kappa shape index (κ2) is 11.8. The van der Waals surface area contributed by atoms with Gasteiger partial charge in [0, 0.05) is 43.0 Å². The van der Waals surface area contributed by atoms with Gasteiger partial charge in [0.25, 0.3) is 0 Å². The van der Waals surface area contributed by atoms with Crippen LogP contribution in [-0.4, -0.2) is 36.1 Å². The molecule has 134 valence electrons. The Hall–Kier alpha value is -0.740. The largest absolute Gasteiger partial charge is 0.356 e. The zero-order valence-corrected chi connectivity index (χ0v) is 18.4. The van der Waals surface area contributed by atoms with Gasteiger partial charge in [-0.15, -0.1) is 46.7 Å². The molecular weight excluding hydrogens is 453 g/mol. The summed E-state index contributed by atoms with van der Waals surface area (Å²) in [5, 5.41) is 13.3. The van der Waals surface area contributed by atoms with Gasteiger partial charge in [0.05, 0.1) is 15.7 Å². The van der Waals surface area contributed by atoms with Gasteiger partial charge in [-0.05, 0) is 33.1 Å². The summed E-state index contributed by atoms with van der Waals surface area (Å²) in [7, 11) is 1.81. The van der Waals surface area contributed by atoms with Crippen LogP contribution >= 0.6 is 46.7 Å². The lowest BCUT2D eigenvalue weighted by molar-refractivity contribution is 0.690. The number of unbranched alkanes of at least 4 members (excludes halogenated alkanes) is 1. The van der Waals surface area contributed by atoms with Crippen molar-refractivity contribution in [2.45, 2.75) is 39.5 Å². The summed E-state index contributed by atoms with van der Waals surface area (Å²) in [6.45, 7) is 5.86. The van der Waals surface area contributed by atoms with Crippen molar-refractivity contribution in [2.24, 2.45) is 4.99 Å². The highest BCUT2D eigenvalue weighted by Crippen LogP contribution is 2.11. The number of halogens is 1. The molecule has 0 radical (unpaired) electrons. The van der Waals surface area contributed by atoms with E-state index in [4.69, 9.17) is 0 Å². The fourth-order valence-corrected chi connectivity index (χ4v) is 3.64. The minimum atomic E-state index is 0. The molecule has 0 saturated heterocycles. The summed E-state index contributed by atoms with van der Waals surface area (Å²) in [5.41, 5.74) is 2.28. The average molecular weight is 479 g/mol. The molecule has 0 amide bonds. The minimum Gasteiger partial charge on any atom is -0.356 e. The average Bonchev–Trinajstić information content (AvgIpc) is 3.13. The van der Waals surface area contributed by atoms with E-state index in [-0.39, 0.29) is 24.0 Å². The first-order valence-corrected chi connectivity index (χ1v) is 9.70. The number of thiazole rings is 2. The third-order valence-electron chi connectivity index (χ3n) is 3.34. The lowest BCUT2D eigenvalue weighted by atomic mass is 10.2. The van der Waals surface area contributed by atoms with E-state index in [1.807, 2.05) is 13.8 Å². The molecule has 0 saturated carbocycles. The molecule has 0 aliphatic carbocycles. The highest BCUT2D eigenvalue weighted by molar-refractivity contribution is 14.0. The van der Waals surface area contributed by atoms with Crippen molar-refractivity contribution in [3.8, 4) is 0 Å². The summed E-state index contributed by atoms with van der Waals surface area (Å²) >= 11 is 3.46. The number of nitrogens with one attached hydrogen (secondary N) is 2. The first-order valence-electron chi connectivity index (χ1n) is 7.94. The van der Waals surface area contributed by atoms with Crippen molar-refractivity contribution < 1.29 is 0 Å². The van der Waals surface area contributed by atoms with Gasteiger partial charge in [0.15, 0.2) is 5.96 Å². The Balaban J connectivity index is 0.00000288. The molecule has 0 unspecified atom stereocenters. The summed E-state index contributed by atoms with van der Waals surface area (Å²) in [6, 6.07) is 0. The molecule has 2 aromatic rings. The molecule has 2 rings (SSSR count). The zero-order valence-electron chi connectivity index (χ0n) is 14.5. The quantitative estimate of drug-likeness (QED) is 0.263. The fraction of sp³-hybridized carbons (Fsp3) is 0.562. The maximum atomic E-state index is 4.49. The normalized spacial score (nSPS) is 11.2. The van der Waals surface area contributed by atoms with E-state index in [9.17, 15) is 0 Å². The van der Waals surface area contributed by atoms with Gasteiger partial charge in [-0.25, -0.2) is 9.97 Å². The summed E-state index contributed by atoms with van der Waals surface area (Å²) in [4.78, 5) is 13.2. The molecule has 0 aromatic carbocycles. The molecule has 5 nitrogen and oxygen atoms in total. The number of aryl methyl sites for hydroxylation is 3. The molecule has 0 atom stereocenters. The number of hydrogen-bond donors (Lipinski definition) is 2. The molecule has 0 bridgehead atoms. The standard InChI is InChI=1S/C16H25N5S2.HI/c1-12-10-23-15(20-12)6-4-5-8-18-16(17-3)19-9-7-14-11-22-13(2)21-14;/h10-11H,4-9H2,1-3H3,(H2,17,18,19);1H. The molecule has 2 N–H and O–H groups in total. The van der Waals surface area contributed by atoms with Crippen LogP contribution in [0.15, 0.2) is 15.8 Å². The second-order valence-electron chi connectivity index (χ2n) is 5.37. The van der Waals surface area contributed by atoms with Crippen LogP contribution in [-0.2, 0) is 12.8 Å². The number of aliphatic imine (C=N–C) groups is 1. The Morgan fingerprint density at radius 2 is 1.83 bits per heavy atom. The van der Waals surface area contributed by atoms with Gasteiger partial charge in [-0.2, -0.15) is 0 Å². The predicted octanol–water partition coefficient (Wildman–Crippen LogP) is 3.56. The molecule has 8 heteroatoms. The van der Waals surface area contributed by atoms with Crippen LogP contribution in [0.25, 0.3) is 0 Å². The van der Waals surface area contributed by atoms with Crippen molar-refractivity contribution >= 4 is 52.6 Å². The Labute approximate surface area is 169 Å². The zero-order chi connectivity index (χ0) is 16.5. The second-order valence-corrected chi connectivity index (χ2v) is 7.38. The van der Waals surface area contributed by atoms with Crippen molar-refractivity contribution in [3.05, 3.63) is 32.2 Å². The van der Waals surface area contributed by atoms with Crippen LogP contribution < -0.4 is 10.6 Å². The first kappa shape index (κ1) is 21.3. The Bertz CT molecular complexity index is 624.